The molecule has 0 aromatic heterocycles. The van der Waals surface area contributed by atoms with Gasteiger partial charge in [-0.15, -0.1) is 24.8 Å². The highest BCUT2D eigenvalue weighted by Crippen LogP contribution is 2.30. The van der Waals surface area contributed by atoms with Crippen LogP contribution in [0.4, 0.5) is 0 Å². The Morgan fingerprint density at radius 3 is 2.46 bits per heavy atom. The van der Waals surface area contributed by atoms with Crippen molar-refractivity contribution in [1.82, 2.24) is 10.2 Å². The van der Waals surface area contributed by atoms with Crippen molar-refractivity contribution in [3.05, 3.63) is 29.8 Å². The molecule has 6 heteroatoms. The predicted octanol–water partition coefficient (Wildman–Crippen LogP) is 3.84. The third-order valence-electron chi connectivity index (χ3n) is 4.11. The summed E-state index contributed by atoms with van der Waals surface area (Å²) < 4.78 is 5.25. The number of nitrogens with zero attached hydrogens (tertiary/aromatic N) is 1. The summed E-state index contributed by atoms with van der Waals surface area (Å²) in [5, 5.41) is 3.41. The Morgan fingerprint density at radius 1 is 1.21 bits per heavy atom. The molecular weight excluding hydrogens is 347 g/mol. The third kappa shape index (κ3) is 7.39. The van der Waals surface area contributed by atoms with Crippen LogP contribution in [0.5, 0.6) is 5.75 Å². The van der Waals surface area contributed by atoms with E-state index >= 15 is 0 Å². The Hall–Kier alpha value is -0.810. The summed E-state index contributed by atoms with van der Waals surface area (Å²) in [6.07, 6.45) is 2.34. The molecule has 0 amide bonds. The Bertz CT molecular complexity index is 492. The lowest BCUT2D eigenvalue weighted by Crippen LogP contribution is -2.45. The quantitative estimate of drug-likeness (QED) is 0.604. The summed E-state index contributed by atoms with van der Waals surface area (Å²) in [4.78, 5) is 13.7. The van der Waals surface area contributed by atoms with E-state index in [0.717, 1.165) is 32.6 Å². The Balaban J connectivity index is 0.00000264. The molecule has 0 aliphatic carbocycles. The van der Waals surface area contributed by atoms with Gasteiger partial charge in [-0.1, -0.05) is 26.0 Å². The molecule has 1 heterocycles. The van der Waals surface area contributed by atoms with E-state index in [1.54, 1.807) is 0 Å². The summed E-state index contributed by atoms with van der Waals surface area (Å²) in [6, 6.07) is 8.41. The minimum atomic E-state index is -0.266. The van der Waals surface area contributed by atoms with Crippen LogP contribution in [0.15, 0.2) is 24.3 Å². The first kappa shape index (κ1) is 23.2. The average molecular weight is 377 g/mol. The van der Waals surface area contributed by atoms with Gasteiger partial charge in [-0.3, -0.25) is 9.69 Å². The zero-order valence-electron chi connectivity index (χ0n) is 14.8. The lowest BCUT2D eigenvalue weighted by Gasteiger charge is -2.35. The van der Waals surface area contributed by atoms with Gasteiger partial charge in [0.1, 0.15) is 5.75 Å². The van der Waals surface area contributed by atoms with E-state index in [1.807, 2.05) is 18.2 Å². The number of carbonyl (C=O) groups is 1. The summed E-state index contributed by atoms with van der Waals surface area (Å²) in [7, 11) is 0. The highest BCUT2D eigenvalue weighted by molar-refractivity contribution is 5.85. The number of ether oxygens (including phenoxy) is 1. The van der Waals surface area contributed by atoms with Crippen LogP contribution >= 0.6 is 24.8 Å². The van der Waals surface area contributed by atoms with E-state index in [2.05, 4.69) is 30.1 Å². The monoisotopic (exact) mass is 376 g/mol. The number of rotatable bonds is 6. The third-order valence-corrected chi connectivity index (χ3v) is 4.11. The van der Waals surface area contributed by atoms with E-state index in [1.165, 1.54) is 18.9 Å². The van der Waals surface area contributed by atoms with Gasteiger partial charge in [-0.25, -0.2) is 0 Å². The Labute approximate surface area is 158 Å². The standard InChI is InChI=1S/C18H28N2O2.2ClH/c1-14(2)7-8-18(20-11-9-19-10-12-20)16-5-4-6-17(13-16)22-15(3)21;;/h4-6,13-14,18-19H,7-12H2,1-3H3;2*1H/t18-;;/m1../s1. The molecule has 1 aliphatic heterocycles. The number of esters is 1. The van der Waals surface area contributed by atoms with Crippen molar-refractivity contribution in [1.29, 1.82) is 0 Å². The van der Waals surface area contributed by atoms with Crippen molar-refractivity contribution in [2.24, 2.45) is 5.92 Å². The molecule has 1 aromatic carbocycles. The number of nitrogens with one attached hydrogen (secondary N) is 1. The number of piperazine rings is 1. The number of carbonyl (C=O) groups excluding carboxylic acids is 1. The van der Waals surface area contributed by atoms with Gasteiger partial charge >= 0.3 is 5.97 Å². The molecule has 138 valence electrons. The van der Waals surface area contributed by atoms with Crippen molar-refractivity contribution in [2.45, 2.75) is 39.7 Å². The second kappa shape index (κ2) is 11.7. The van der Waals surface area contributed by atoms with Crippen LogP contribution in [0.2, 0.25) is 0 Å². The van der Waals surface area contributed by atoms with Crippen LogP contribution in [-0.4, -0.2) is 37.0 Å². The molecule has 1 aromatic rings. The summed E-state index contributed by atoms with van der Waals surface area (Å²) in [6.45, 7) is 10.2. The molecule has 2 rings (SSSR count). The predicted molar refractivity (Wildman–Crippen MR) is 104 cm³/mol. The molecule has 0 saturated carbocycles. The fourth-order valence-electron chi connectivity index (χ4n) is 3.00. The summed E-state index contributed by atoms with van der Waals surface area (Å²) >= 11 is 0. The van der Waals surface area contributed by atoms with Crippen LogP contribution in [0.25, 0.3) is 0 Å². The smallest absolute Gasteiger partial charge is 0.308 e. The first-order valence-electron chi connectivity index (χ1n) is 8.29. The summed E-state index contributed by atoms with van der Waals surface area (Å²) in [5.41, 5.74) is 1.25. The maximum absolute atomic E-state index is 11.2. The van der Waals surface area contributed by atoms with Crippen molar-refractivity contribution < 1.29 is 9.53 Å². The second-order valence-electron chi connectivity index (χ2n) is 6.44. The van der Waals surface area contributed by atoms with Gasteiger partial charge < -0.3 is 10.1 Å². The Kier molecular flexibility index (Phi) is 11.3. The molecule has 1 aliphatic rings. The number of hydrogen-bond acceptors (Lipinski definition) is 4. The maximum atomic E-state index is 11.2. The largest absolute Gasteiger partial charge is 0.427 e. The van der Waals surface area contributed by atoms with Crippen molar-refractivity contribution in [3.8, 4) is 5.75 Å². The SMILES string of the molecule is CC(=O)Oc1cccc([C@@H](CCC(C)C)N2CCNCC2)c1.Cl.Cl. The van der Waals surface area contributed by atoms with E-state index in [0.29, 0.717) is 17.7 Å². The molecule has 1 saturated heterocycles. The maximum Gasteiger partial charge on any atom is 0.308 e. The minimum Gasteiger partial charge on any atom is -0.427 e. The first-order valence-corrected chi connectivity index (χ1v) is 8.29. The fraction of sp³-hybridized carbons (Fsp3) is 0.611. The minimum absolute atomic E-state index is 0. The molecule has 0 unspecified atom stereocenters. The molecule has 0 radical (unpaired) electrons. The normalized spacial score (nSPS) is 16.0. The van der Waals surface area contributed by atoms with E-state index < -0.39 is 0 Å². The number of halogens is 2. The van der Waals surface area contributed by atoms with Gasteiger partial charge in [-0.2, -0.15) is 0 Å². The van der Waals surface area contributed by atoms with Crippen LogP contribution in [0.3, 0.4) is 0 Å². The zero-order valence-corrected chi connectivity index (χ0v) is 16.4. The van der Waals surface area contributed by atoms with Crippen LogP contribution in [0.1, 0.15) is 45.2 Å². The Morgan fingerprint density at radius 2 is 1.88 bits per heavy atom. The van der Waals surface area contributed by atoms with Gasteiger partial charge in [0.25, 0.3) is 0 Å². The lowest BCUT2D eigenvalue weighted by molar-refractivity contribution is -0.131. The van der Waals surface area contributed by atoms with Crippen molar-refractivity contribution in [2.75, 3.05) is 26.2 Å². The molecule has 0 spiro atoms. The van der Waals surface area contributed by atoms with Crippen molar-refractivity contribution in [3.63, 3.8) is 0 Å². The van der Waals surface area contributed by atoms with Crippen LogP contribution in [-0.2, 0) is 4.79 Å². The van der Waals surface area contributed by atoms with Gasteiger partial charge in [0, 0.05) is 39.1 Å². The summed E-state index contributed by atoms with van der Waals surface area (Å²) in [5.74, 6) is 1.08. The molecule has 1 fully saturated rings. The highest BCUT2D eigenvalue weighted by Gasteiger charge is 2.22. The van der Waals surface area contributed by atoms with Gasteiger partial charge in [0.15, 0.2) is 0 Å². The van der Waals surface area contributed by atoms with E-state index in [4.69, 9.17) is 4.74 Å². The molecule has 4 nitrogen and oxygen atoms in total. The second-order valence-corrected chi connectivity index (χ2v) is 6.44. The van der Waals surface area contributed by atoms with Crippen molar-refractivity contribution >= 4 is 30.8 Å². The van der Waals surface area contributed by atoms with Gasteiger partial charge in [0.2, 0.25) is 0 Å². The average Bonchev–Trinajstić information content (AvgIpc) is 2.48. The first-order chi connectivity index (χ1) is 10.6. The molecule has 0 bridgehead atoms. The van der Waals surface area contributed by atoms with E-state index in [9.17, 15) is 4.79 Å². The fourth-order valence-corrected chi connectivity index (χ4v) is 3.00. The number of hydrogen-bond donors (Lipinski definition) is 1. The van der Waals surface area contributed by atoms with Gasteiger partial charge in [-0.05, 0) is 36.5 Å². The molecule has 24 heavy (non-hydrogen) atoms. The number of benzene rings is 1. The lowest BCUT2D eigenvalue weighted by atomic mass is 9.95. The zero-order chi connectivity index (χ0) is 15.9. The molecule has 1 N–H and O–H groups in total. The van der Waals surface area contributed by atoms with Gasteiger partial charge in [0.05, 0.1) is 0 Å². The molecule has 1 atom stereocenters. The van der Waals surface area contributed by atoms with E-state index in [-0.39, 0.29) is 30.8 Å². The highest BCUT2D eigenvalue weighted by atomic mass is 35.5. The molecular formula is C18H30Cl2N2O2. The van der Waals surface area contributed by atoms with Crippen LogP contribution < -0.4 is 10.1 Å². The van der Waals surface area contributed by atoms with Crippen LogP contribution in [0, 0.1) is 5.92 Å². The topological polar surface area (TPSA) is 41.6 Å².